The summed E-state index contributed by atoms with van der Waals surface area (Å²) in [7, 11) is 0. The lowest BCUT2D eigenvalue weighted by Crippen LogP contribution is -2.49. The lowest BCUT2D eigenvalue weighted by atomic mass is 10.0. The summed E-state index contributed by atoms with van der Waals surface area (Å²) in [5.74, 6) is -0.763. The van der Waals surface area contributed by atoms with Crippen LogP contribution in [0.25, 0.3) is 17.1 Å². The van der Waals surface area contributed by atoms with Gasteiger partial charge in [0.05, 0.1) is 10.6 Å². The molecular formula is C19H16N4O3S3. The van der Waals surface area contributed by atoms with E-state index in [1.54, 1.807) is 24.3 Å². The molecule has 3 aromatic rings. The van der Waals surface area contributed by atoms with Crippen molar-refractivity contribution in [1.29, 1.82) is 0 Å². The minimum absolute atomic E-state index is 0.159. The summed E-state index contributed by atoms with van der Waals surface area (Å²) in [6, 6.07) is 8.28. The van der Waals surface area contributed by atoms with Crippen molar-refractivity contribution in [3.8, 4) is 0 Å². The summed E-state index contributed by atoms with van der Waals surface area (Å²) >= 11 is 8.19. The molecule has 1 unspecified atom stereocenters. The molecule has 1 N–H and O–H groups in total. The van der Waals surface area contributed by atoms with Crippen molar-refractivity contribution in [2.75, 3.05) is 5.32 Å². The van der Waals surface area contributed by atoms with E-state index in [1.807, 2.05) is 31.4 Å². The second kappa shape index (κ2) is 8.05. The predicted molar refractivity (Wildman–Crippen MR) is 118 cm³/mol. The zero-order valence-corrected chi connectivity index (χ0v) is 17.9. The second-order valence-corrected chi connectivity index (χ2v) is 9.34. The first-order valence-corrected chi connectivity index (χ1v) is 10.9. The Hall–Kier alpha value is -2.56. The number of nitrogens with zero attached hydrogens (tertiary/aromatic N) is 3. The van der Waals surface area contributed by atoms with Gasteiger partial charge in [-0.15, -0.1) is 11.3 Å². The van der Waals surface area contributed by atoms with Gasteiger partial charge in [-0.1, -0.05) is 50.0 Å². The maximum Gasteiger partial charge on any atom is 0.266 e. The number of rotatable bonds is 5. The van der Waals surface area contributed by atoms with E-state index in [0.29, 0.717) is 25.9 Å². The number of thioether (sulfide) groups is 1. The van der Waals surface area contributed by atoms with Crippen molar-refractivity contribution < 1.29 is 14.2 Å². The largest absolute Gasteiger partial charge is 0.322 e. The molecular weight excluding hydrogens is 428 g/mol. The molecule has 2 amide bonds. The van der Waals surface area contributed by atoms with E-state index in [4.69, 9.17) is 16.8 Å². The molecule has 0 radical (unpaired) electrons. The van der Waals surface area contributed by atoms with E-state index in [2.05, 4.69) is 15.6 Å². The van der Waals surface area contributed by atoms with Crippen LogP contribution in [0.15, 0.2) is 45.2 Å². The molecule has 4 rings (SSSR count). The van der Waals surface area contributed by atoms with Gasteiger partial charge >= 0.3 is 0 Å². The average molecular weight is 445 g/mol. The highest BCUT2D eigenvalue weighted by Gasteiger charge is 2.42. The smallest absolute Gasteiger partial charge is 0.266 e. The normalized spacial score (nSPS) is 16.9. The van der Waals surface area contributed by atoms with Gasteiger partial charge < -0.3 is 5.32 Å². The molecule has 0 aliphatic carbocycles. The molecule has 1 saturated heterocycles. The van der Waals surface area contributed by atoms with Crippen LogP contribution in [0.4, 0.5) is 5.69 Å². The molecule has 1 aliphatic rings. The fourth-order valence-electron chi connectivity index (χ4n) is 3.05. The molecule has 2 aromatic heterocycles. The SMILES string of the molecule is CC(C)C(C(=O)Nc1cccc2nonc12)N1C(=O)C(=Cc2cccs2)SC1=S. The molecule has 1 aliphatic heterocycles. The zero-order valence-electron chi connectivity index (χ0n) is 15.5. The lowest BCUT2D eigenvalue weighted by molar-refractivity contribution is -0.131. The van der Waals surface area contributed by atoms with Crippen LogP contribution in [-0.4, -0.2) is 37.4 Å². The maximum atomic E-state index is 13.2. The molecule has 3 heterocycles. The summed E-state index contributed by atoms with van der Waals surface area (Å²) in [4.78, 5) is 29.1. The number of carbonyl (C=O) groups excluding carboxylic acids is 2. The van der Waals surface area contributed by atoms with Crippen molar-refractivity contribution in [3.05, 3.63) is 45.5 Å². The van der Waals surface area contributed by atoms with Crippen molar-refractivity contribution in [2.24, 2.45) is 5.92 Å². The van der Waals surface area contributed by atoms with Gasteiger partial charge in [-0.25, -0.2) is 4.63 Å². The second-order valence-electron chi connectivity index (χ2n) is 6.68. The van der Waals surface area contributed by atoms with Crippen LogP contribution in [-0.2, 0) is 9.59 Å². The first-order chi connectivity index (χ1) is 14.0. The van der Waals surface area contributed by atoms with Gasteiger partial charge in [0.25, 0.3) is 5.91 Å². The first-order valence-electron chi connectivity index (χ1n) is 8.78. The molecule has 0 spiro atoms. The number of nitrogens with one attached hydrogen (secondary N) is 1. The predicted octanol–water partition coefficient (Wildman–Crippen LogP) is 4.15. The number of hydrogen-bond donors (Lipinski definition) is 1. The molecule has 148 valence electrons. The van der Waals surface area contributed by atoms with E-state index < -0.39 is 6.04 Å². The Morgan fingerprint density at radius 1 is 1.28 bits per heavy atom. The Morgan fingerprint density at radius 3 is 2.83 bits per heavy atom. The number of thiophene rings is 1. The van der Waals surface area contributed by atoms with Gasteiger partial charge in [-0.05, 0) is 45.9 Å². The number of benzene rings is 1. The summed E-state index contributed by atoms with van der Waals surface area (Å²) in [6.07, 6.45) is 1.81. The van der Waals surface area contributed by atoms with Gasteiger partial charge in [0.2, 0.25) is 5.91 Å². The number of anilines is 1. The monoisotopic (exact) mass is 444 g/mol. The number of aromatic nitrogens is 2. The van der Waals surface area contributed by atoms with Crippen molar-refractivity contribution in [1.82, 2.24) is 15.2 Å². The zero-order chi connectivity index (χ0) is 20.5. The Bertz CT molecular complexity index is 1120. The summed E-state index contributed by atoms with van der Waals surface area (Å²) in [6.45, 7) is 3.76. The highest BCUT2D eigenvalue weighted by atomic mass is 32.2. The number of hydrogen-bond acceptors (Lipinski definition) is 8. The minimum Gasteiger partial charge on any atom is -0.322 e. The average Bonchev–Trinajstić information content (AvgIpc) is 3.40. The quantitative estimate of drug-likeness (QED) is 0.467. The minimum atomic E-state index is -0.758. The highest BCUT2D eigenvalue weighted by Crippen LogP contribution is 2.36. The molecule has 1 aromatic carbocycles. The molecule has 1 atom stereocenters. The van der Waals surface area contributed by atoms with E-state index in [1.165, 1.54) is 28.0 Å². The lowest BCUT2D eigenvalue weighted by Gasteiger charge is -2.28. The van der Waals surface area contributed by atoms with Gasteiger partial charge in [0, 0.05) is 4.88 Å². The fraction of sp³-hybridized carbons (Fsp3) is 0.211. The van der Waals surface area contributed by atoms with Crippen LogP contribution in [0.1, 0.15) is 18.7 Å². The maximum absolute atomic E-state index is 13.2. The van der Waals surface area contributed by atoms with Crippen molar-refractivity contribution in [3.63, 3.8) is 0 Å². The first kappa shape index (κ1) is 19.7. The van der Waals surface area contributed by atoms with Crippen LogP contribution in [0.5, 0.6) is 0 Å². The number of amides is 2. The van der Waals surface area contributed by atoms with Crippen LogP contribution < -0.4 is 5.32 Å². The molecule has 0 bridgehead atoms. The van der Waals surface area contributed by atoms with Crippen LogP contribution >= 0.6 is 35.3 Å². The van der Waals surface area contributed by atoms with Gasteiger partial charge in [0.15, 0.2) is 5.52 Å². The third-order valence-corrected chi connectivity index (χ3v) is 6.51. The van der Waals surface area contributed by atoms with Crippen molar-refractivity contribution >= 4 is 74.2 Å². The Labute approximate surface area is 180 Å². The standard InChI is InChI=1S/C19H16N4O3S3/c1-10(2)16(17(24)20-12-6-3-7-13-15(12)22-26-21-13)23-18(25)14(29-19(23)27)9-11-5-4-8-28-11/h3-10,16H,1-2H3,(H,20,24). The van der Waals surface area contributed by atoms with E-state index in [9.17, 15) is 9.59 Å². The van der Waals surface area contributed by atoms with Gasteiger partial charge in [-0.3, -0.25) is 14.5 Å². The molecule has 7 nitrogen and oxygen atoms in total. The van der Waals surface area contributed by atoms with E-state index in [0.717, 1.165) is 4.88 Å². The number of carbonyl (C=O) groups is 2. The summed E-state index contributed by atoms with van der Waals surface area (Å²) in [5, 5.41) is 12.4. The third kappa shape index (κ3) is 3.83. The number of thiocarbonyl (C=S) groups is 1. The Balaban J connectivity index is 1.62. The molecule has 0 saturated carbocycles. The molecule has 1 fully saturated rings. The van der Waals surface area contributed by atoms with Gasteiger partial charge in [0.1, 0.15) is 15.9 Å². The number of fused-ring (bicyclic) bond motifs is 1. The summed E-state index contributed by atoms with van der Waals surface area (Å²) < 4.78 is 5.12. The topological polar surface area (TPSA) is 88.3 Å². The van der Waals surface area contributed by atoms with Crippen LogP contribution in [0.3, 0.4) is 0 Å². The fourth-order valence-corrected chi connectivity index (χ4v) is 5.11. The summed E-state index contributed by atoms with van der Waals surface area (Å²) in [5.41, 5.74) is 1.46. The van der Waals surface area contributed by atoms with Crippen LogP contribution in [0, 0.1) is 5.92 Å². The van der Waals surface area contributed by atoms with E-state index >= 15 is 0 Å². The van der Waals surface area contributed by atoms with Gasteiger partial charge in [-0.2, -0.15) is 0 Å². The van der Waals surface area contributed by atoms with Crippen molar-refractivity contribution in [2.45, 2.75) is 19.9 Å². The Kier molecular flexibility index (Phi) is 5.48. The Morgan fingerprint density at radius 2 is 2.10 bits per heavy atom. The highest BCUT2D eigenvalue weighted by molar-refractivity contribution is 8.26. The molecule has 10 heteroatoms. The van der Waals surface area contributed by atoms with E-state index in [-0.39, 0.29) is 17.7 Å². The molecule has 29 heavy (non-hydrogen) atoms. The van der Waals surface area contributed by atoms with Crippen LogP contribution in [0.2, 0.25) is 0 Å². The third-order valence-electron chi connectivity index (χ3n) is 4.36.